The molecular weight excluding hydrogens is 376 g/mol. The first-order chi connectivity index (χ1) is 14.3. The Balaban J connectivity index is 1.47. The highest BCUT2D eigenvalue weighted by Gasteiger charge is 2.38. The fourth-order valence-corrected chi connectivity index (χ4v) is 5.00. The molecule has 2 aromatic heterocycles. The van der Waals surface area contributed by atoms with Crippen molar-refractivity contribution in [3.8, 4) is 22.1 Å². The van der Waals surface area contributed by atoms with Gasteiger partial charge in [0.1, 0.15) is 16.5 Å². The Kier molecular flexibility index (Phi) is 4.86. The van der Waals surface area contributed by atoms with Crippen molar-refractivity contribution >= 4 is 11.3 Å². The summed E-state index contributed by atoms with van der Waals surface area (Å²) in [6.07, 6.45) is 8.46. The summed E-state index contributed by atoms with van der Waals surface area (Å²) in [5, 5.41) is 3.00. The standard InChI is InChI=1S/C25H22N2OS/c1-4-14-26-23(11-1)25(12-2-3-13-25)20-8-6-10-22(18-20)28-21-9-5-7-19(17-21)24-27-15-16-29-24/h1,4-11,14-18H,2-3,12-13H2. The maximum Gasteiger partial charge on any atom is 0.128 e. The van der Waals surface area contributed by atoms with Crippen LogP contribution in [0.2, 0.25) is 0 Å². The molecule has 4 heteroatoms. The van der Waals surface area contributed by atoms with Gasteiger partial charge in [0.25, 0.3) is 0 Å². The second-order valence-corrected chi connectivity index (χ2v) is 8.39. The lowest BCUT2D eigenvalue weighted by Crippen LogP contribution is -2.25. The molecular formula is C25H22N2OS. The summed E-state index contributed by atoms with van der Waals surface area (Å²) in [6.45, 7) is 0. The Morgan fingerprint density at radius 3 is 2.38 bits per heavy atom. The third kappa shape index (κ3) is 3.56. The largest absolute Gasteiger partial charge is 0.457 e. The van der Waals surface area contributed by atoms with Gasteiger partial charge in [-0.1, -0.05) is 43.2 Å². The number of ether oxygens (including phenoxy) is 1. The highest BCUT2D eigenvalue weighted by atomic mass is 32.1. The van der Waals surface area contributed by atoms with Gasteiger partial charge in [-0.15, -0.1) is 11.3 Å². The van der Waals surface area contributed by atoms with E-state index in [0.29, 0.717) is 0 Å². The van der Waals surface area contributed by atoms with Crippen LogP contribution in [-0.4, -0.2) is 9.97 Å². The van der Waals surface area contributed by atoms with E-state index in [1.54, 1.807) is 11.3 Å². The quantitative estimate of drug-likeness (QED) is 0.368. The van der Waals surface area contributed by atoms with E-state index in [-0.39, 0.29) is 5.41 Å². The first-order valence-corrected chi connectivity index (χ1v) is 10.9. The Morgan fingerprint density at radius 2 is 1.62 bits per heavy atom. The molecule has 1 fully saturated rings. The molecule has 0 bridgehead atoms. The van der Waals surface area contributed by atoms with Crippen LogP contribution < -0.4 is 4.74 Å². The van der Waals surface area contributed by atoms with Gasteiger partial charge in [0.15, 0.2) is 0 Å². The maximum absolute atomic E-state index is 6.25. The molecule has 0 radical (unpaired) electrons. The van der Waals surface area contributed by atoms with Gasteiger partial charge in [-0.05, 0) is 54.8 Å². The SMILES string of the molecule is c1ccc(C2(c3cccc(Oc4cccc(-c5nccs5)c4)c3)CCCC2)nc1. The smallest absolute Gasteiger partial charge is 0.128 e. The monoisotopic (exact) mass is 398 g/mol. The van der Waals surface area contributed by atoms with E-state index in [4.69, 9.17) is 9.72 Å². The minimum Gasteiger partial charge on any atom is -0.457 e. The average molecular weight is 399 g/mol. The highest BCUT2D eigenvalue weighted by molar-refractivity contribution is 7.13. The van der Waals surface area contributed by atoms with E-state index in [2.05, 4.69) is 47.4 Å². The van der Waals surface area contributed by atoms with Crippen LogP contribution in [-0.2, 0) is 5.41 Å². The number of aromatic nitrogens is 2. The Morgan fingerprint density at radius 1 is 0.793 bits per heavy atom. The third-order valence-corrected chi connectivity index (χ3v) is 6.57. The zero-order valence-corrected chi connectivity index (χ0v) is 16.9. The molecule has 1 aliphatic rings. The number of thiazole rings is 1. The van der Waals surface area contributed by atoms with Crippen molar-refractivity contribution in [3.05, 3.63) is 95.8 Å². The molecule has 0 atom stereocenters. The molecule has 144 valence electrons. The van der Waals surface area contributed by atoms with Crippen molar-refractivity contribution in [3.63, 3.8) is 0 Å². The fraction of sp³-hybridized carbons (Fsp3) is 0.200. The molecule has 3 nitrogen and oxygen atoms in total. The predicted octanol–water partition coefficient (Wildman–Crippen LogP) is 6.86. The van der Waals surface area contributed by atoms with E-state index >= 15 is 0 Å². The van der Waals surface area contributed by atoms with Gasteiger partial charge in [-0.3, -0.25) is 4.98 Å². The number of pyridine rings is 1. The molecule has 0 aliphatic heterocycles. The lowest BCUT2D eigenvalue weighted by atomic mass is 9.75. The predicted molar refractivity (Wildman–Crippen MR) is 118 cm³/mol. The van der Waals surface area contributed by atoms with Gasteiger partial charge in [-0.25, -0.2) is 4.98 Å². The highest BCUT2D eigenvalue weighted by Crippen LogP contribution is 2.46. The fourth-order valence-electron chi connectivity index (χ4n) is 4.37. The third-order valence-electron chi connectivity index (χ3n) is 5.75. The molecule has 2 aromatic carbocycles. The van der Waals surface area contributed by atoms with Crippen molar-refractivity contribution < 1.29 is 4.74 Å². The number of benzene rings is 2. The molecule has 1 aliphatic carbocycles. The lowest BCUT2D eigenvalue weighted by Gasteiger charge is -2.29. The van der Waals surface area contributed by atoms with Gasteiger partial charge in [0.05, 0.1) is 5.69 Å². The second kappa shape index (κ2) is 7.80. The van der Waals surface area contributed by atoms with Crippen LogP contribution in [0, 0.1) is 0 Å². The normalized spacial score (nSPS) is 15.3. The first kappa shape index (κ1) is 18.1. The van der Waals surface area contributed by atoms with E-state index in [1.165, 1.54) is 24.1 Å². The summed E-state index contributed by atoms with van der Waals surface area (Å²) in [6, 6.07) is 22.9. The number of rotatable bonds is 5. The summed E-state index contributed by atoms with van der Waals surface area (Å²) >= 11 is 1.63. The van der Waals surface area contributed by atoms with E-state index in [9.17, 15) is 0 Å². The zero-order chi connectivity index (χ0) is 19.5. The van der Waals surface area contributed by atoms with Crippen molar-refractivity contribution in [2.24, 2.45) is 0 Å². The van der Waals surface area contributed by atoms with Gasteiger partial charge in [-0.2, -0.15) is 0 Å². The van der Waals surface area contributed by atoms with Crippen LogP contribution in [0.25, 0.3) is 10.6 Å². The van der Waals surface area contributed by atoms with Gasteiger partial charge in [0.2, 0.25) is 0 Å². The Labute approximate surface area is 175 Å². The number of hydrogen-bond donors (Lipinski definition) is 0. The Bertz CT molecular complexity index is 1090. The van der Waals surface area contributed by atoms with E-state index in [0.717, 1.165) is 34.9 Å². The van der Waals surface area contributed by atoms with Crippen molar-refractivity contribution in [2.45, 2.75) is 31.1 Å². The van der Waals surface area contributed by atoms with Crippen LogP contribution in [0.15, 0.2) is 84.5 Å². The molecule has 0 saturated heterocycles. The zero-order valence-electron chi connectivity index (χ0n) is 16.1. The minimum atomic E-state index is -0.0105. The average Bonchev–Trinajstić information content (AvgIpc) is 3.48. The van der Waals surface area contributed by atoms with Crippen LogP contribution in [0.1, 0.15) is 36.9 Å². The van der Waals surface area contributed by atoms with Crippen LogP contribution in [0.3, 0.4) is 0 Å². The van der Waals surface area contributed by atoms with E-state index in [1.807, 2.05) is 42.0 Å². The van der Waals surface area contributed by atoms with Gasteiger partial charge in [0, 0.05) is 28.8 Å². The molecule has 0 spiro atoms. The number of nitrogens with zero attached hydrogens (tertiary/aromatic N) is 2. The molecule has 0 amide bonds. The summed E-state index contributed by atoms with van der Waals surface area (Å²) < 4.78 is 6.25. The first-order valence-electron chi connectivity index (χ1n) is 10.0. The minimum absolute atomic E-state index is 0.0105. The van der Waals surface area contributed by atoms with Gasteiger partial charge < -0.3 is 4.74 Å². The van der Waals surface area contributed by atoms with Crippen LogP contribution in [0.5, 0.6) is 11.5 Å². The van der Waals surface area contributed by atoms with Gasteiger partial charge >= 0.3 is 0 Å². The summed E-state index contributed by atoms with van der Waals surface area (Å²) in [4.78, 5) is 9.12. The molecule has 29 heavy (non-hydrogen) atoms. The molecule has 0 unspecified atom stereocenters. The summed E-state index contributed by atoms with van der Waals surface area (Å²) in [7, 11) is 0. The Hall–Kier alpha value is -2.98. The maximum atomic E-state index is 6.25. The molecule has 4 aromatic rings. The second-order valence-electron chi connectivity index (χ2n) is 7.50. The topological polar surface area (TPSA) is 35.0 Å². The molecule has 2 heterocycles. The van der Waals surface area contributed by atoms with Crippen molar-refractivity contribution in [1.82, 2.24) is 9.97 Å². The van der Waals surface area contributed by atoms with E-state index < -0.39 is 0 Å². The number of hydrogen-bond acceptors (Lipinski definition) is 4. The summed E-state index contributed by atoms with van der Waals surface area (Å²) in [5.41, 5.74) is 3.53. The van der Waals surface area contributed by atoms with Crippen molar-refractivity contribution in [2.75, 3.05) is 0 Å². The lowest BCUT2D eigenvalue weighted by molar-refractivity contribution is 0.474. The summed E-state index contributed by atoms with van der Waals surface area (Å²) in [5.74, 6) is 1.69. The molecule has 5 rings (SSSR count). The molecule has 0 N–H and O–H groups in total. The van der Waals surface area contributed by atoms with Crippen LogP contribution in [0.4, 0.5) is 0 Å². The molecule has 1 saturated carbocycles. The van der Waals surface area contributed by atoms with Crippen molar-refractivity contribution in [1.29, 1.82) is 0 Å². The van der Waals surface area contributed by atoms with Crippen LogP contribution >= 0.6 is 11.3 Å².